The minimum Gasteiger partial charge on any atom is -0.354 e. The first-order chi connectivity index (χ1) is 24.8. The fourth-order valence-corrected chi connectivity index (χ4v) is 7.81. The van der Waals surface area contributed by atoms with Crippen molar-refractivity contribution >= 4 is 38.7 Å². The van der Waals surface area contributed by atoms with Crippen molar-refractivity contribution in [1.82, 2.24) is 4.98 Å². The number of nitrogens with zero attached hydrogens (tertiary/aromatic N) is 1. The summed E-state index contributed by atoms with van der Waals surface area (Å²) in [7, 11) is 0. The van der Waals surface area contributed by atoms with Gasteiger partial charge >= 0.3 is 0 Å². The van der Waals surface area contributed by atoms with Crippen LogP contribution < -0.4 is 4.90 Å². The van der Waals surface area contributed by atoms with Crippen LogP contribution in [0.3, 0.4) is 0 Å². The number of hydrogen-bond donors (Lipinski definition) is 1. The molecule has 234 valence electrons. The Morgan fingerprint density at radius 3 is 1.54 bits per heavy atom. The molecule has 1 heterocycles. The SMILES string of the molecule is c1ccc(-c2ccc(N(c3ccc(-c4ccccc4)cc3)c3ccccc3-c3ccc4c5c([nH]c4c3)-c3cccc4cccc-5c34)cc2)cc1. The molecule has 10 rings (SSSR count). The molecule has 0 atom stereocenters. The first kappa shape index (κ1) is 28.4. The van der Waals surface area contributed by atoms with E-state index in [0.717, 1.165) is 22.6 Å². The zero-order chi connectivity index (χ0) is 33.0. The van der Waals surface area contributed by atoms with Gasteiger partial charge in [-0.2, -0.15) is 0 Å². The number of anilines is 3. The maximum absolute atomic E-state index is 3.84. The Labute approximate surface area is 291 Å². The summed E-state index contributed by atoms with van der Waals surface area (Å²) < 4.78 is 0. The second kappa shape index (κ2) is 11.5. The lowest BCUT2D eigenvalue weighted by Gasteiger charge is -2.28. The zero-order valence-electron chi connectivity index (χ0n) is 27.3. The molecule has 0 saturated carbocycles. The third-order valence-electron chi connectivity index (χ3n) is 10.2. The number of nitrogens with one attached hydrogen (secondary N) is 1. The van der Waals surface area contributed by atoms with E-state index in [0.29, 0.717) is 0 Å². The Hall–Kier alpha value is -6.64. The molecule has 0 saturated heterocycles. The van der Waals surface area contributed by atoms with Gasteiger partial charge in [0.2, 0.25) is 0 Å². The molecular formula is C48H32N2. The zero-order valence-corrected chi connectivity index (χ0v) is 27.3. The lowest BCUT2D eigenvalue weighted by molar-refractivity contribution is 1.28. The van der Waals surface area contributed by atoms with Crippen LogP contribution in [0.5, 0.6) is 0 Å². The average molecular weight is 637 g/mol. The standard InChI is InChI=1S/C48H32N2/c1-3-11-32(12-4-1)34-21-26-38(27-22-34)50(39-28-23-35(24-29-39)33-13-5-2-6-14-33)45-20-8-7-17-40(45)37-25-30-41-44(31-37)49-48-43-19-10-16-36-15-9-18-42(46(36)43)47(41)48/h1-31,49H. The molecule has 0 radical (unpaired) electrons. The summed E-state index contributed by atoms with van der Waals surface area (Å²) in [5, 5.41) is 3.89. The first-order valence-corrected chi connectivity index (χ1v) is 17.2. The number of para-hydroxylation sites is 1. The number of fused-ring (bicyclic) bond motifs is 5. The molecule has 0 spiro atoms. The highest BCUT2D eigenvalue weighted by molar-refractivity contribution is 6.21. The molecule has 0 aliphatic heterocycles. The summed E-state index contributed by atoms with van der Waals surface area (Å²) in [4.78, 5) is 6.22. The van der Waals surface area contributed by atoms with Crippen LogP contribution in [-0.4, -0.2) is 4.98 Å². The van der Waals surface area contributed by atoms with Gasteiger partial charge < -0.3 is 9.88 Å². The lowest BCUT2D eigenvalue weighted by Crippen LogP contribution is -2.11. The molecule has 0 unspecified atom stereocenters. The summed E-state index contributed by atoms with van der Waals surface area (Å²) in [6.07, 6.45) is 0. The van der Waals surface area contributed by atoms with E-state index in [-0.39, 0.29) is 0 Å². The molecule has 1 aliphatic carbocycles. The molecule has 8 aromatic carbocycles. The Morgan fingerprint density at radius 2 is 0.900 bits per heavy atom. The number of rotatable bonds is 6. The van der Waals surface area contributed by atoms with Gasteiger partial charge in [0.1, 0.15) is 0 Å². The molecule has 50 heavy (non-hydrogen) atoms. The van der Waals surface area contributed by atoms with E-state index in [4.69, 9.17) is 0 Å². The van der Waals surface area contributed by atoms with Crippen molar-refractivity contribution < 1.29 is 0 Å². The number of aromatic nitrogens is 1. The van der Waals surface area contributed by atoms with Gasteiger partial charge in [-0.15, -0.1) is 0 Å². The monoisotopic (exact) mass is 636 g/mol. The average Bonchev–Trinajstić information content (AvgIpc) is 3.72. The van der Waals surface area contributed by atoms with Crippen molar-refractivity contribution in [2.24, 2.45) is 0 Å². The minimum absolute atomic E-state index is 1.11. The lowest BCUT2D eigenvalue weighted by atomic mass is 9.98. The Morgan fingerprint density at radius 1 is 0.380 bits per heavy atom. The Bertz CT molecular complexity index is 2580. The number of benzene rings is 8. The smallest absolute Gasteiger partial charge is 0.0551 e. The van der Waals surface area contributed by atoms with Crippen molar-refractivity contribution in [3.05, 3.63) is 188 Å². The van der Waals surface area contributed by atoms with Crippen LogP contribution >= 0.6 is 0 Å². The van der Waals surface area contributed by atoms with E-state index in [1.807, 2.05) is 0 Å². The molecule has 1 aliphatic rings. The van der Waals surface area contributed by atoms with Crippen molar-refractivity contribution in [2.45, 2.75) is 0 Å². The van der Waals surface area contributed by atoms with Gasteiger partial charge in [0.15, 0.2) is 0 Å². The van der Waals surface area contributed by atoms with E-state index in [9.17, 15) is 0 Å². The molecule has 2 heteroatoms. The van der Waals surface area contributed by atoms with Crippen LogP contribution in [0.4, 0.5) is 17.1 Å². The van der Waals surface area contributed by atoms with E-state index in [2.05, 4.69) is 198 Å². The van der Waals surface area contributed by atoms with Crippen LogP contribution in [-0.2, 0) is 0 Å². The van der Waals surface area contributed by atoms with E-state index in [1.165, 1.54) is 71.9 Å². The first-order valence-electron chi connectivity index (χ1n) is 17.2. The molecule has 0 fully saturated rings. The molecular weight excluding hydrogens is 605 g/mol. The fraction of sp³-hybridized carbons (Fsp3) is 0. The highest BCUT2D eigenvalue weighted by atomic mass is 15.1. The van der Waals surface area contributed by atoms with Crippen molar-refractivity contribution in [3.8, 4) is 55.8 Å². The van der Waals surface area contributed by atoms with Gasteiger partial charge in [0.25, 0.3) is 0 Å². The van der Waals surface area contributed by atoms with Gasteiger partial charge in [-0.1, -0.05) is 152 Å². The summed E-state index contributed by atoms with van der Waals surface area (Å²) in [5.41, 5.74) is 16.8. The Kier molecular flexibility index (Phi) is 6.53. The molecule has 9 aromatic rings. The predicted molar refractivity (Wildman–Crippen MR) is 211 cm³/mol. The molecule has 1 N–H and O–H groups in total. The largest absolute Gasteiger partial charge is 0.354 e. The topological polar surface area (TPSA) is 19.0 Å². The third kappa shape index (κ3) is 4.57. The van der Waals surface area contributed by atoms with Crippen LogP contribution in [0.25, 0.3) is 77.4 Å². The maximum atomic E-state index is 3.84. The quantitative estimate of drug-likeness (QED) is 0.192. The third-order valence-corrected chi connectivity index (χ3v) is 10.2. The van der Waals surface area contributed by atoms with Crippen LogP contribution in [0.15, 0.2) is 188 Å². The Balaban J connectivity index is 1.10. The van der Waals surface area contributed by atoms with Crippen LogP contribution in [0.2, 0.25) is 0 Å². The fourth-order valence-electron chi connectivity index (χ4n) is 7.81. The second-order valence-electron chi connectivity index (χ2n) is 13.0. The molecule has 2 nitrogen and oxygen atoms in total. The summed E-state index contributed by atoms with van der Waals surface area (Å²) in [6, 6.07) is 67.9. The summed E-state index contributed by atoms with van der Waals surface area (Å²) in [6.45, 7) is 0. The number of H-pyrrole nitrogens is 1. The second-order valence-corrected chi connectivity index (χ2v) is 13.0. The van der Waals surface area contributed by atoms with Gasteiger partial charge in [0.05, 0.1) is 11.4 Å². The van der Waals surface area contributed by atoms with Crippen molar-refractivity contribution in [1.29, 1.82) is 0 Å². The maximum Gasteiger partial charge on any atom is 0.0551 e. The van der Waals surface area contributed by atoms with Gasteiger partial charge in [-0.3, -0.25) is 0 Å². The van der Waals surface area contributed by atoms with E-state index >= 15 is 0 Å². The normalized spacial score (nSPS) is 11.6. The van der Waals surface area contributed by atoms with E-state index in [1.54, 1.807) is 0 Å². The van der Waals surface area contributed by atoms with Gasteiger partial charge in [-0.25, -0.2) is 0 Å². The molecule has 1 aromatic heterocycles. The van der Waals surface area contributed by atoms with Crippen molar-refractivity contribution in [3.63, 3.8) is 0 Å². The predicted octanol–water partition coefficient (Wildman–Crippen LogP) is 13.4. The van der Waals surface area contributed by atoms with Gasteiger partial charge in [0, 0.05) is 39.0 Å². The van der Waals surface area contributed by atoms with Gasteiger partial charge in [-0.05, 0) is 80.6 Å². The van der Waals surface area contributed by atoms with E-state index < -0.39 is 0 Å². The molecule has 0 amide bonds. The van der Waals surface area contributed by atoms with Crippen LogP contribution in [0, 0.1) is 0 Å². The number of hydrogen-bond acceptors (Lipinski definition) is 1. The highest BCUT2D eigenvalue weighted by Crippen LogP contribution is 2.51. The van der Waals surface area contributed by atoms with Crippen LogP contribution in [0.1, 0.15) is 0 Å². The summed E-state index contributed by atoms with van der Waals surface area (Å²) in [5.74, 6) is 0. The minimum atomic E-state index is 1.11. The highest BCUT2D eigenvalue weighted by Gasteiger charge is 2.26. The van der Waals surface area contributed by atoms with Crippen molar-refractivity contribution in [2.75, 3.05) is 4.90 Å². The molecule has 0 bridgehead atoms. The summed E-state index contributed by atoms with van der Waals surface area (Å²) >= 11 is 0. The number of aromatic amines is 1.